The Labute approximate surface area is 142 Å². The maximum absolute atomic E-state index is 12.7. The zero-order valence-electron chi connectivity index (χ0n) is 14.2. The Bertz CT molecular complexity index is 539. The molecular formula is C17H27N5O2. The summed E-state index contributed by atoms with van der Waals surface area (Å²) in [4.78, 5) is 30.9. The molecular weight excluding hydrogens is 306 g/mol. The van der Waals surface area contributed by atoms with Crippen molar-refractivity contribution < 1.29 is 9.59 Å². The Hall–Kier alpha value is -1.92. The van der Waals surface area contributed by atoms with Crippen molar-refractivity contribution >= 4 is 11.8 Å². The fourth-order valence-electron chi connectivity index (χ4n) is 3.81. The highest BCUT2D eigenvalue weighted by atomic mass is 16.2. The van der Waals surface area contributed by atoms with Crippen LogP contribution in [0.25, 0.3) is 0 Å². The first-order chi connectivity index (χ1) is 11.8. The maximum Gasteiger partial charge on any atom is 0.242 e. The van der Waals surface area contributed by atoms with Crippen LogP contribution in [-0.4, -0.2) is 50.6 Å². The molecule has 2 heterocycles. The van der Waals surface area contributed by atoms with Crippen molar-refractivity contribution in [3.8, 4) is 0 Å². The average Bonchev–Trinajstić information content (AvgIpc) is 3.30. The Kier molecular flexibility index (Phi) is 5.82. The third-order valence-corrected chi connectivity index (χ3v) is 5.12. The summed E-state index contributed by atoms with van der Waals surface area (Å²) in [6, 6.07) is -0.272. The monoisotopic (exact) mass is 333 g/mol. The molecule has 0 aromatic carbocycles. The Balaban J connectivity index is 1.45. The van der Waals surface area contributed by atoms with E-state index in [4.69, 9.17) is 0 Å². The normalized spacial score (nSPS) is 21.8. The van der Waals surface area contributed by atoms with Crippen LogP contribution < -0.4 is 5.32 Å². The zero-order valence-corrected chi connectivity index (χ0v) is 14.2. The van der Waals surface area contributed by atoms with Gasteiger partial charge < -0.3 is 10.2 Å². The van der Waals surface area contributed by atoms with Gasteiger partial charge in [0.05, 0.1) is 0 Å². The van der Waals surface area contributed by atoms with Crippen molar-refractivity contribution in [2.75, 3.05) is 13.1 Å². The lowest BCUT2D eigenvalue weighted by molar-refractivity contribution is -0.142. The van der Waals surface area contributed by atoms with Crippen LogP contribution in [0.15, 0.2) is 12.7 Å². The van der Waals surface area contributed by atoms with Crippen molar-refractivity contribution in [2.24, 2.45) is 5.92 Å². The van der Waals surface area contributed by atoms with Crippen LogP contribution in [0.1, 0.15) is 51.4 Å². The van der Waals surface area contributed by atoms with Gasteiger partial charge in [0.2, 0.25) is 11.8 Å². The standard InChI is InChI=1S/C17H27N5O2/c23-16(19-9-5-10-21-13-18-12-20-21)15-8-4-11-22(15)17(24)14-6-2-1-3-7-14/h12-15H,1-11H2,(H,19,23)/t15-/m0/s1. The van der Waals surface area contributed by atoms with Gasteiger partial charge in [0, 0.05) is 25.6 Å². The van der Waals surface area contributed by atoms with Gasteiger partial charge in [-0.15, -0.1) is 0 Å². The molecule has 1 saturated carbocycles. The molecule has 0 spiro atoms. The number of amides is 2. The minimum absolute atomic E-state index is 0.00440. The molecule has 7 heteroatoms. The highest BCUT2D eigenvalue weighted by molar-refractivity contribution is 5.89. The van der Waals surface area contributed by atoms with E-state index in [1.807, 2.05) is 4.90 Å². The minimum Gasteiger partial charge on any atom is -0.354 e. The second-order valence-electron chi connectivity index (χ2n) is 6.83. The van der Waals surface area contributed by atoms with Crippen molar-refractivity contribution in [2.45, 2.75) is 64.0 Å². The molecule has 0 bridgehead atoms. The second kappa shape index (κ2) is 8.26. The summed E-state index contributed by atoms with van der Waals surface area (Å²) in [5, 5.41) is 7.02. The highest BCUT2D eigenvalue weighted by Crippen LogP contribution is 2.28. The van der Waals surface area contributed by atoms with Gasteiger partial charge in [-0.05, 0) is 32.1 Å². The molecule has 2 aliphatic rings. The van der Waals surface area contributed by atoms with E-state index in [2.05, 4.69) is 15.4 Å². The smallest absolute Gasteiger partial charge is 0.242 e. The SMILES string of the molecule is O=C(NCCCn1cncn1)[C@@H]1CCCN1C(=O)C1CCCCC1. The Morgan fingerprint density at radius 3 is 2.71 bits per heavy atom. The summed E-state index contributed by atoms with van der Waals surface area (Å²) in [6.07, 6.45) is 11.2. The van der Waals surface area contributed by atoms with Crippen LogP contribution >= 0.6 is 0 Å². The topological polar surface area (TPSA) is 80.1 Å². The molecule has 0 unspecified atom stereocenters. The Morgan fingerprint density at radius 1 is 1.12 bits per heavy atom. The molecule has 1 aliphatic carbocycles. The summed E-state index contributed by atoms with van der Waals surface area (Å²) in [6.45, 7) is 2.06. The van der Waals surface area contributed by atoms with Crippen molar-refractivity contribution in [1.82, 2.24) is 25.0 Å². The van der Waals surface area contributed by atoms with Gasteiger partial charge >= 0.3 is 0 Å². The van der Waals surface area contributed by atoms with Gasteiger partial charge in [-0.3, -0.25) is 14.3 Å². The molecule has 1 saturated heterocycles. The lowest BCUT2D eigenvalue weighted by atomic mass is 9.88. The van der Waals surface area contributed by atoms with Crippen LogP contribution in [0.4, 0.5) is 0 Å². The third kappa shape index (κ3) is 4.13. The summed E-state index contributed by atoms with van der Waals surface area (Å²) in [7, 11) is 0. The lowest BCUT2D eigenvalue weighted by Gasteiger charge is -2.30. The van der Waals surface area contributed by atoms with E-state index in [9.17, 15) is 9.59 Å². The number of nitrogens with one attached hydrogen (secondary N) is 1. The molecule has 1 N–H and O–H groups in total. The molecule has 1 atom stereocenters. The summed E-state index contributed by atoms with van der Waals surface area (Å²) in [5.74, 6) is 0.338. The third-order valence-electron chi connectivity index (χ3n) is 5.12. The number of carbonyl (C=O) groups is 2. The number of rotatable bonds is 6. The van der Waals surface area contributed by atoms with Gasteiger partial charge in [0.15, 0.2) is 0 Å². The largest absolute Gasteiger partial charge is 0.354 e. The van der Waals surface area contributed by atoms with E-state index in [1.165, 1.54) is 12.7 Å². The van der Waals surface area contributed by atoms with E-state index in [0.717, 1.165) is 58.0 Å². The predicted octanol–water partition coefficient (Wildman–Crippen LogP) is 1.36. The van der Waals surface area contributed by atoms with Crippen LogP contribution in [0.3, 0.4) is 0 Å². The zero-order chi connectivity index (χ0) is 16.8. The number of nitrogens with zero attached hydrogens (tertiary/aromatic N) is 4. The van der Waals surface area contributed by atoms with Crippen LogP contribution in [-0.2, 0) is 16.1 Å². The van der Waals surface area contributed by atoms with E-state index < -0.39 is 0 Å². The van der Waals surface area contributed by atoms with Crippen molar-refractivity contribution in [3.05, 3.63) is 12.7 Å². The first-order valence-corrected chi connectivity index (χ1v) is 9.16. The lowest BCUT2D eigenvalue weighted by Crippen LogP contribution is -2.48. The predicted molar refractivity (Wildman–Crippen MR) is 89.0 cm³/mol. The number of carbonyl (C=O) groups excluding carboxylic acids is 2. The fraction of sp³-hybridized carbons (Fsp3) is 0.765. The minimum atomic E-state index is -0.272. The first-order valence-electron chi connectivity index (χ1n) is 9.16. The molecule has 3 rings (SSSR count). The molecule has 7 nitrogen and oxygen atoms in total. The highest BCUT2D eigenvalue weighted by Gasteiger charge is 2.37. The Morgan fingerprint density at radius 2 is 1.96 bits per heavy atom. The van der Waals surface area contributed by atoms with E-state index in [1.54, 1.807) is 11.0 Å². The molecule has 2 amide bonds. The van der Waals surface area contributed by atoms with Gasteiger partial charge in [-0.2, -0.15) is 5.10 Å². The maximum atomic E-state index is 12.7. The van der Waals surface area contributed by atoms with Crippen molar-refractivity contribution in [3.63, 3.8) is 0 Å². The molecule has 2 fully saturated rings. The molecule has 24 heavy (non-hydrogen) atoms. The second-order valence-corrected chi connectivity index (χ2v) is 6.83. The average molecular weight is 333 g/mol. The molecule has 132 valence electrons. The van der Waals surface area contributed by atoms with Gasteiger partial charge in [0.25, 0.3) is 0 Å². The number of aryl methyl sites for hydroxylation is 1. The van der Waals surface area contributed by atoms with E-state index in [0.29, 0.717) is 6.54 Å². The quantitative estimate of drug-likeness (QED) is 0.797. The van der Waals surface area contributed by atoms with Crippen LogP contribution in [0, 0.1) is 5.92 Å². The van der Waals surface area contributed by atoms with Crippen LogP contribution in [0.5, 0.6) is 0 Å². The van der Waals surface area contributed by atoms with Gasteiger partial charge in [-0.1, -0.05) is 19.3 Å². The van der Waals surface area contributed by atoms with E-state index >= 15 is 0 Å². The molecule has 1 aromatic heterocycles. The van der Waals surface area contributed by atoms with Gasteiger partial charge in [0.1, 0.15) is 18.7 Å². The van der Waals surface area contributed by atoms with Crippen molar-refractivity contribution in [1.29, 1.82) is 0 Å². The summed E-state index contributed by atoms with van der Waals surface area (Å²) >= 11 is 0. The summed E-state index contributed by atoms with van der Waals surface area (Å²) in [5.41, 5.74) is 0. The summed E-state index contributed by atoms with van der Waals surface area (Å²) < 4.78 is 1.75. The van der Waals surface area contributed by atoms with Crippen LogP contribution in [0.2, 0.25) is 0 Å². The number of hydrogen-bond donors (Lipinski definition) is 1. The number of aromatic nitrogens is 3. The number of likely N-dealkylation sites (tertiary alicyclic amines) is 1. The molecule has 1 aromatic rings. The molecule has 0 radical (unpaired) electrons. The van der Waals surface area contributed by atoms with Gasteiger partial charge in [-0.25, -0.2) is 4.98 Å². The number of hydrogen-bond acceptors (Lipinski definition) is 4. The first kappa shape index (κ1) is 16.9. The van der Waals surface area contributed by atoms with E-state index in [-0.39, 0.29) is 23.8 Å². The fourth-order valence-corrected chi connectivity index (χ4v) is 3.81. The molecule has 1 aliphatic heterocycles.